The van der Waals surface area contributed by atoms with Crippen LogP contribution in [0.5, 0.6) is 0 Å². The maximum absolute atomic E-state index is 7.01. The Labute approximate surface area is 360 Å². The molecule has 6 nitrogen and oxygen atoms in total. The van der Waals surface area contributed by atoms with Crippen molar-refractivity contribution in [1.29, 1.82) is 0 Å². The van der Waals surface area contributed by atoms with Gasteiger partial charge in [0, 0.05) is 62.4 Å². The Bertz CT molecular complexity index is 3210. The molecule has 6 heteroatoms. The van der Waals surface area contributed by atoms with E-state index in [-0.39, 0.29) is 18.1 Å². The van der Waals surface area contributed by atoms with Crippen LogP contribution >= 0.6 is 0 Å². The summed E-state index contributed by atoms with van der Waals surface area (Å²) in [7, 11) is 0. The number of nitrogens with one attached hydrogen (secondary N) is 3. The van der Waals surface area contributed by atoms with Gasteiger partial charge >= 0.3 is 0 Å². The Morgan fingerprint density at radius 2 is 0.919 bits per heavy atom. The lowest BCUT2D eigenvalue weighted by molar-refractivity contribution is -0.00574. The third-order valence-electron chi connectivity index (χ3n) is 12.8. The lowest BCUT2D eigenvalue weighted by atomic mass is 9.76. The molecule has 0 spiro atoms. The van der Waals surface area contributed by atoms with Gasteiger partial charge in [-0.3, -0.25) is 0 Å². The van der Waals surface area contributed by atoms with Crippen molar-refractivity contribution in [2.24, 2.45) is 5.92 Å². The average Bonchev–Trinajstić information content (AvgIpc) is 4.18. The zero-order valence-corrected chi connectivity index (χ0v) is 34.1. The highest BCUT2D eigenvalue weighted by molar-refractivity contribution is 6.06. The van der Waals surface area contributed by atoms with Crippen LogP contribution in [0.4, 0.5) is 0 Å². The largest absolute Gasteiger partial charge is 0.376 e. The van der Waals surface area contributed by atoms with Gasteiger partial charge in [0.05, 0.1) is 40.6 Å². The number of nitrogens with zero attached hydrogens (tertiary/aromatic N) is 2. The first-order valence-electron chi connectivity index (χ1n) is 21.6. The van der Waals surface area contributed by atoms with Gasteiger partial charge in [0.15, 0.2) is 0 Å². The first-order valence-corrected chi connectivity index (χ1v) is 21.6. The minimum atomic E-state index is -0.186. The Balaban J connectivity index is 1.28. The van der Waals surface area contributed by atoms with E-state index < -0.39 is 0 Å². The van der Waals surface area contributed by atoms with E-state index in [9.17, 15) is 0 Å². The highest BCUT2D eigenvalue weighted by atomic mass is 16.5. The second-order valence-corrected chi connectivity index (χ2v) is 16.5. The first-order chi connectivity index (χ1) is 30.8. The van der Waals surface area contributed by atoms with Gasteiger partial charge in [0.2, 0.25) is 0 Å². The van der Waals surface area contributed by atoms with Crippen LogP contribution in [0.2, 0.25) is 0 Å². The molecule has 0 amide bonds. The number of rotatable bonds is 5. The fraction of sp³-hybridized carbons (Fsp3) is 0.107. The van der Waals surface area contributed by atoms with Crippen molar-refractivity contribution in [2.45, 2.75) is 25.0 Å². The topological polar surface area (TPSA) is 78.6 Å². The van der Waals surface area contributed by atoms with E-state index in [0.29, 0.717) is 6.61 Å². The van der Waals surface area contributed by atoms with Crippen molar-refractivity contribution >= 4 is 45.5 Å². The molecule has 12 rings (SSSR count). The standard InChI is InChI=1S/C56H43N5O/c1-6-17-35(18-7-1)47-41-28-29-42(57-41)48(36-19-8-2-9-20-36)44-31-33-46(59-44)50(38-23-12-4-13-24-38)54-55-51(56-40(27-16-34-62-56)52(60-55)39-25-14-5-15-26-39)53(61-54)49(37-21-10-3-11-22-37)45-32-30-43(47)58-45/h1-15,17-26,28-33,40,52,56-57,59-60H,16,27,34H2/t40-,52-,56-/m1/s1. The van der Waals surface area contributed by atoms with Crippen LogP contribution in [0.25, 0.3) is 90.0 Å². The van der Waals surface area contributed by atoms with E-state index in [0.717, 1.165) is 113 Å². The number of H-pyrrole nitrogens is 2. The van der Waals surface area contributed by atoms with Crippen LogP contribution in [0.1, 0.15) is 47.2 Å². The number of benzene rings is 5. The summed E-state index contributed by atoms with van der Waals surface area (Å²) in [6.45, 7) is 0.697. The van der Waals surface area contributed by atoms with Crippen molar-refractivity contribution < 1.29 is 4.74 Å². The zero-order valence-electron chi connectivity index (χ0n) is 34.1. The summed E-state index contributed by atoms with van der Waals surface area (Å²) in [6, 6.07) is 62.3. The van der Waals surface area contributed by atoms with Gasteiger partial charge in [0.25, 0.3) is 0 Å². The molecule has 0 aliphatic carbocycles. The molecule has 3 atom stereocenters. The number of hydrogen-bond donors (Lipinski definition) is 3. The minimum absolute atomic E-state index is 0.0295. The smallest absolute Gasteiger partial charge is 0.0972 e. The molecule has 1 saturated heterocycles. The number of aromatic nitrogens is 4. The molecule has 298 valence electrons. The summed E-state index contributed by atoms with van der Waals surface area (Å²) in [5.41, 5.74) is 19.3. The molecule has 62 heavy (non-hydrogen) atoms. The molecular formula is C56H43N5O. The quantitative estimate of drug-likeness (QED) is 0.162. The summed E-state index contributed by atoms with van der Waals surface area (Å²) in [5, 5.41) is 4.18. The van der Waals surface area contributed by atoms with E-state index >= 15 is 0 Å². The Morgan fingerprint density at radius 3 is 1.50 bits per heavy atom. The molecule has 1 fully saturated rings. The molecule has 4 aliphatic rings. The van der Waals surface area contributed by atoms with Crippen LogP contribution < -0.4 is 5.32 Å². The molecule has 3 N–H and O–H groups in total. The normalized spacial score (nSPS) is 17.9. The van der Waals surface area contributed by atoms with Gasteiger partial charge in [-0.2, -0.15) is 0 Å². The molecule has 0 unspecified atom stereocenters. The average molecular weight is 802 g/mol. The van der Waals surface area contributed by atoms with Crippen molar-refractivity contribution in [3.8, 4) is 44.5 Å². The van der Waals surface area contributed by atoms with Gasteiger partial charge in [-0.05, 0) is 77.1 Å². The van der Waals surface area contributed by atoms with Gasteiger partial charge in [0.1, 0.15) is 0 Å². The van der Waals surface area contributed by atoms with E-state index in [4.69, 9.17) is 14.7 Å². The van der Waals surface area contributed by atoms with Gasteiger partial charge in [-0.25, -0.2) is 9.97 Å². The van der Waals surface area contributed by atoms with Crippen molar-refractivity contribution in [3.63, 3.8) is 0 Å². The summed E-state index contributed by atoms with van der Waals surface area (Å²) in [4.78, 5) is 19.3. The third-order valence-corrected chi connectivity index (χ3v) is 12.8. The predicted molar refractivity (Wildman–Crippen MR) is 253 cm³/mol. The molecule has 0 radical (unpaired) electrons. The van der Waals surface area contributed by atoms with E-state index in [1.54, 1.807) is 0 Å². The maximum Gasteiger partial charge on any atom is 0.0972 e. The molecule has 3 aromatic heterocycles. The Kier molecular flexibility index (Phi) is 8.89. The van der Waals surface area contributed by atoms with Crippen LogP contribution in [-0.2, 0) is 4.74 Å². The second kappa shape index (κ2) is 15.2. The predicted octanol–water partition coefficient (Wildman–Crippen LogP) is 13.2. The lowest BCUT2D eigenvalue weighted by Crippen LogP contribution is -2.44. The minimum Gasteiger partial charge on any atom is -0.376 e. The highest BCUT2D eigenvalue weighted by Gasteiger charge is 2.46. The molecule has 7 heterocycles. The van der Waals surface area contributed by atoms with Crippen LogP contribution in [0.3, 0.4) is 0 Å². The second-order valence-electron chi connectivity index (χ2n) is 16.5. The highest BCUT2D eigenvalue weighted by Crippen LogP contribution is 2.52. The van der Waals surface area contributed by atoms with Crippen molar-refractivity contribution in [1.82, 2.24) is 25.3 Å². The van der Waals surface area contributed by atoms with Crippen LogP contribution in [0.15, 0.2) is 176 Å². The first kappa shape index (κ1) is 36.3. The third kappa shape index (κ3) is 6.14. The summed E-state index contributed by atoms with van der Waals surface area (Å²) < 4.78 is 7.01. The fourth-order valence-electron chi connectivity index (χ4n) is 10.1. The number of ether oxygens (including phenoxy) is 1. The summed E-state index contributed by atoms with van der Waals surface area (Å²) in [6.07, 6.45) is 6.20. The SMILES string of the molecule is C1=Cc2nc1c(-c1ccccc1)c1nc(c(-c3ccccc3)c3ccc([nH]3)c(-c3ccccc3)c3ccc([nH]3)c2-c2ccccc2)C2=C1[C@@H]1OCCC[C@@H]1[C@@H](c1ccccc1)N2. The maximum atomic E-state index is 7.01. The molecule has 5 aromatic carbocycles. The molecule has 0 saturated carbocycles. The van der Waals surface area contributed by atoms with E-state index in [2.05, 4.69) is 203 Å². The van der Waals surface area contributed by atoms with Crippen molar-refractivity contribution in [3.05, 3.63) is 204 Å². The van der Waals surface area contributed by atoms with E-state index in [1.165, 1.54) is 5.56 Å². The summed E-state index contributed by atoms with van der Waals surface area (Å²) >= 11 is 0. The van der Waals surface area contributed by atoms with Gasteiger partial charge < -0.3 is 20.0 Å². The van der Waals surface area contributed by atoms with Crippen molar-refractivity contribution in [2.75, 3.05) is 6.61 Å². The fourth-order valence-corrected chi connectivity index (χ4v) is 10.1. The van der Waals surface area contributed by atoms with Gasteiger partial charge in [-0.15, -0.1) is 0 Å². The Morgan fingerprint density at radius 1 is 0.452 bits per heavy atom. The monoisotopic (exact) mass is 801 g/mol. The molecule has 8 bridgehead atoms. The molecule has 8 aromatic rings. The Hall–Kier alpha value is -7.54. The van der Waals surface area contributed by atoms with E-state index in [1.807, 2.05) is 0 Å². The number of aromatic amines is 2. The van der Waals surface area contributed by atoms with Gasteiger partial charge in [-0.1, -0.05) is 152 Å². The number of fused-ring (bicyclic) bond motifs is 12. The zero-order chi connectivity index (χ0) is 41.0. The van der Waals surface area contributed by atoms with Crippen LogP contribution in [0, 0.1) is 5.92 Å². The number of hydrogen-bond acceptors (Lipinski definition) is 4. The molecular weight excluding hydrogens is 759 g/mol. The van der Waals surface area contributed by atoms with Crippen LogP contribution in [-0.4, -0.2) is 32.6 Å². The molecule has 4 aliphatic heterocycles. The summed E-state index contributed by atoms with van der Waals surface area (Å²) in [5.74, 6) is 0.198. The lowest BCUT2D eigenvalue weighted by Gasteiger charge is -2.43.